The molecule has 0 spiro atoms. The first-order chi connectivity index (χ1) is 11.6. The molecule has 4 rings (SSSR count). The van der Waals surface area contributed by atoms with Crippen molar-refractivity contribution in [2.24, 2.45) is 0 Å². The maximum atomic E-state index is 6.12. The Balaban J connectivity index is 1.96. The summed E-state index contributed by atoms with van der Waals surface area (Å²) in [5, 5.41) is 5.59. The average molecular weight is 355 g/mol. The number of benzene rings is 1. The quantitative estimate of drug-likeness (QED) is 0.504. The average Bonchev–Trinajstić information content (AvgIpc) is 2.98. The van der Waals surface area contributed by atoms with Crippen molar-refractivity contribution in [2.75, 3.05) is 0 Å². The number of imidazole rings is 1. The topological polar surface area (TPSA) is 43.1 Å². The zero-order valence-corrected chi connectivity index (χ0v) is 14.3. The molecule has 3 heterocycles. The molecule has 0 fully saturated rings. The third kappa shape index (κ3) is 2.54. The SMILES string of the molecule is Cc1ccncc1-c1ccnn2c(-c3cc(Cl)cc(Cl)c3)cnc12. The van der Waals surface area contributed by atoms with Gasteiger partial charge in [0.25, 0.3) is 0 Å². The lowest BCUT2D eigenvalue weighted by molar-refractivity contribution is 0.944. The molecule has 1 aromatic carbocycles. The Bertz CT molecular complexity index is 1040. The molecule has 0 N–H and O–H groups in total. The number of fused-ring (bicyclic) bond motifs is 1. The van der Waals surface area contributed by atoms with E-state index in [4.69, 9.17) is 23.2 Å². The number of hydrogen-bond donors (Lipinski definition) is 0. The first kappa shape index (κ1) is 15.1. The predicted octanol–water partition coefficient (Wildman–Crippen LogP) is 5.07. The lowest BCUT2D eigenvalue weighted by Gasteiger charge is -2.07. The van der Waals surface area contributed by atoms with E-state index >= 15 is 0 Å². The van der Waals surface area contributed by atoms with Crippen LogP contribution in [0, 0.1) is 6.92 Å². The van der Waals surface area contributed by atoms with Crippen molar-refractivity contribution in [3.05, 3.63) is 70.7 Å². The van der Waals surface area contributed by atoms with Gasteiger partial charge in [0, 0.05) is 45.3 Å². The summed E-state index contributed by atoms with van der Waals surface area (Å²) in [6, 6.07) is 9.32. The summed E-state index contributed by atoms with van der Waals surface area (Å²) >= 11 is 12.2. The van der Waals surface area contributed by atoms with Gasteiger partial charge in [-0.15, -0.1) is 0 Å². The summed E-state index contributed by atoms with van der Waals surface area (Å²) in [6.45, 7) is 2.05. The van der Waals surface area contributed by atoms with Crippen LogP contribution in [0.5, 0.6) is 0 Å². The number of halogens is 2. The molecular weight excluding hydrogens is 343 g/mol. The summed E-state index contributed by atoms with van der Waals surface area (Å²) < 4.78 is 1.80. The van der Waals surface area contributed by atoms with Crippen LogP contribution in [0.25, 0.3) is 28.0 Å². The van der Waals surface area contributed by atoms with E-state index < -0.39 is 0 Å². The van der Waals surface area contributed by atoms with Gasteiger partial charge in [-0.25, -0.2) is 9.50 Å². The third-order valence-corrected chi connectivity index (χ3v) is 4.33. The Labute approximate surface area is 148 Å². The minimum atomic E-state index is 0.576. The first-order valence-corrected chi connectivity index (χ1v) is 8.09. The molecule has 0 unspecified atom stereocenters. The molecular formula is C18H12Cl2N4. The molecule has 24 heavy (non-hydrogen) atoms. The zero-order chi connectivity index (χ0) is 16.7. The van der Waals surface area contributed by atoms with Crippen LogP contribution < -0.4 is 0 Å². The van der Waals surface area contributed by atoms with Gasteiger partial charge in [0.2, 0.25) is 0 Å². The molecule has 4 nitrogen and oxygen atoms in total. The number of rotatable bonds is 2. The second-order valence-corrected chi connectivity index (χ2v) is 6.35. The summed E-state index contributed by atoms with van der Waals surface area (Å²) in [4.78, 5) is 8.78. The molecule has 0 aliphatic carbocycles. The van der Waals surface area contributed by atoms with Gasteiger partial charge in [-0.3, -0.25) is 4.98 Å². The monoisotopic (exact) mass is 354 g/mol. The molecule has 0 bridgehead atoms. The van der Waals surface area contributed by atoms with E-state index in [1.165, 1.54) is 0 Å². The van der Waals surface area contributed by atoms with Crippen LogP contribution >= 0.6 is 23.2 Å². The van der Waals surface area contributed by atoms with Crippen molar-refractivity contribution in [1.82, 2.24) is 19.6 Å². The highest BCUT2D eigenvalue weighted by Crippen LogP contribution is 2.31. The number of nitrogens with zero attached hydrogens (tertiary/aromatic N) is 4. The van der Waals surface area contributed by atoms with Crippen molar-refractivity contribution in [1.29, 1.82) is 0 Å². The Morgan fingerprint density at radius 2 is 1.71 bits per heavy atom. The van der Waals surface area contributed by atoms with Crippen molar-refractivity contribution in [3.63, 3.8) is 0 Å². The molecule has 4 aromatic rings. The molecule has 118 valence electrons. The van der Waals surface area contributed by atoms with Crippen LogP contribution in [0.4, 0.5) is 0 Å². The van der Waals surface area contributed by atoms with Crippen LogP contribution in [0.2, 0.25) is 10.0 Å². The first-order valence-electron chi connectivity index (χ1n) is 7.33. The van der Waals surface area contributed by atoms with Gasteiger partial charge in [-0.05, 0) is 42.8 Å². The zero-order valence-electron chi connectivity index (χ0n) is 12.7. The summed E-state index contributed by atoms with van der Waals surface area (Å²) in [6.07, 6.45) is 7.16. The molecule has 0 atom stereocenters. The fourth-order valence-electron chi connectivity index (χ4n) is 2.75. The largest absolute Gasteiger partial charge is 0.264 e. The molecule has 0 aliphatic heterocycles. The minimum Gasteiger partial charge on any atom is -0.264 e. The second kappa shape index (κ2) is 5.89. The van der Waals surface area contributed by atoms with Crippen LogP contribution in [0.1, 0.15) is 5.56 Å². The van der Waals surface area contributed by atoms with Crippen LogP contribution in [-0.2, 0) is 0 Å². The number of aromatic nitrogens is 4. The van der Waals surface area contributed by atoms with E-state index in [9.17, 15) is 0 Å². The van der Waals surface area contributed by atoms with Crippen molar-refractivity contribution in [2.45, 2.75) is 6.92 Å². The van der Waals surface area contributed by atoms with E-state index in [-0.39, 0.29) is 0 Å². The number of aryl methyl sites for hydroxylation is 1. The van der Waals surface area contributed by atoms with Crippen molar-refractivity contribution in [3.8, 4) is 22.4 Å². The van der Waals surface area contributed by atoms with Gasteiger partial charge in [-0.1, -0.05) is 23.2 Å². The van der Waals surface area contributed by atoms with E-state index in [1.54, 1.807) is 29.2 Å². The minimum absolute atomic E-state index is 0.576. The Kier molecular flexibility index (Phi) is 3.71. The van der Waals surface area contributed by atoms with Crippen LogP contribution in [0.15, 0.2) is 55.1 Å². The maximum absolute atomic E-state index is 6.12. The van der Waals surface area contributed by atoms with Crippen LogP contribution in [-0.4, -0.2) is 19.6 Å². The second-order valence-electron chi connectivity index (χ2n) is 5.47. The van der Waals surface area contributed by atoms with Gasteiger partial charge < -0.3 is 0 Å². The molecule has 0 saturated carbocycles. The molecule has 6 heteroatoms. The van der Waals surface area contributed by atoms with Crippen molar-refractivity contribution >= 4 is 28.8 Å². The number of pyridine rings is 1. The summed E-state index contributed by atoms with van der Waals surface area (Å²) in [7, 11) is 0. The molecule has 0 amide bonds. The van der Waals surface area contributed by atoms with Crippen molar-refractivity contribution < 1.29 is 0 Å². The molecule has 0 radical (unpaired) electrons. The van der Waals surface area contributed by atoms with E-state index in [0.29, 0.717) is 10.0 Å². The van der Waals surface area contributed by atoms with E-state index in [1.807, 2.05) is 30.5 Å². The molecule has 0 aliphatic rings. The fraction of sp³-hybridized carbons (Fsp3) is 0.0556. The Hall–Kier alpha value is -2.43. The normalized spacial score (nSPS) is 11.1. The van der Waals surface area contributed by atoms with Gasteiger partial charge in [0.15, 0.2) is 5.65 Å². The predicted molar refractivity (Wildman–Crippen MR) is 96.4 cm³/mol. The standard InChI is InChI=1S/C18H12Cl2N4/c1-11-2-4-21-9-16(11)15-3-5-23-24-17(10-22-18(15)24)12-6-13(19)8-14(20)7-12/h2-10H,1H3. The smallest absolute Gasteiger partial charge is 0.162 e. The Morgan fingerprint density at radius 3 is 2.46 bits per heavy atom. The molecule has 0 saturated heterocycles. The van der Waals surface area contributed by atoms with Gasteiger partial charge in [0.1, 0.15) is 0 Å². The highest BCUT2D eigenvalue weighted by molar-refractivity contribution is 6.35. The maximum Gasteiger partial charge on any atom is 0.162 e. The lowest BCUT2D eigenvalue weighted by atomic mass is 10.1. The highest BCUT2D eigenvalue weighted by atomic mass is 35.5. The van der Waals surface area contributed by atoms with Gasteiger partial charge in [-0.2, -0.15) is 5.10 Å². The van der Waals surface area contributed by atoms with E-state index in [0.717, 1.165) is 33.6 Å². The van der Waals surface area contributed by atoms with Gasteiger partial charge >= 0.3 is 0 Å². The molecule has 3 aromatic heterocycles. The van der Waals surface area contributed by atoms with E-state index in [2.05, 4.69) is 22.0 Å². The van der Waals surface area contributed by atoms with Gasteiger partial charge in [0.05, 0.1) is 11.9 Å². The highest BCUT2D eigenvalue weighted by Gasteiger charge is 2.14. The lowest BCUT2D eigenvalue weighted by Crippen LogP contribution is -1.96. The summed E-state index contributed by atoms with van der Waals surface area (Å²) in [5.74, 6) is 0. The fourth-order valence-corrected chi connectivity index (χ4v) is 3.28. The summed E-state index contributed by atoms with van der Waals surface area (Å²) in [5.41, 5.74) is 5.61. The Morgan fingerprint density at radius 1 is 0.917 bits per heavy atom. The van der Waals surface area contributed by atoms with Crippen LogP contribution in [0.3, 0.4) is 0 Å². The number of hydrogen-bond acceptors (Lipinski definition) is 3. The third-order valence-electron chi connectivity index (χ3n) is 3.89.